The Morgan fingerprint density at radius 3 is 2.76 bits per heavy atom. The summed E-state index contributed by atoms with van der Waals surface area (Å²) in [6.07, 6.45) is -0.279. The van der Waals surface area contributed by atoms with Crippen molar-refractivity contribution in [2.45, 2.75) is 11.4 Å². The molecular weight excluding hydrogens is 214 g/mol. The zero-order valence-electron chi connectivity index (χ0n) is 9.22. The van der Waals surface area contributed by atoms with Crippen LogP contribution in [0.4, 0.5) is 0 Å². The molecule has 17 heavy (non-hydrogen) atoms. The Morgan fingerprint density at radius 1 is 1.29 bits per heavy atom. The first-order chi connectivity index (χ1) is 8.14. The summed E-state index contributed by atoms with van der Waals surface area (Å²) in [4.78, 5) is 4.24. The lowest BCUT2D eigenvalue weighted by Crippen LogP contribution is -2.52. The van der Waals surface area contributed by atoms with Gasteiger partial charge in [0.25, 0.3) is 0 Å². The summed E-state index contributed by atoms with van der Waals surface area (Å²) in [7, 11) is 11.5. The third-order valence-electron chi connectivity index (χ3n) is 2.69. The third-order valence-corrected chi connectivity index (χ3v) is 2.69. The monoisotopic (exact) mass is 224 g/mol. The van der Waals surface area contributed by atoms with E-state index in [1.54, 1.807) is 0 Å². The molecule has 6 heteroatoms. The molecule has 4 radical (unpaired) electrons. The van der Waals surface area contributed by atoms with Crippen LogP contribution in [-0.4, -0.2) is 46.1 Å². The molecule has 0 saturated carbocycles. The number of fused-ring (bicyclic) bond motifs is 1. The highest BCUT2D eigenvalue weighted by molar-refractivity contribution is 6.42. The van der Waals surface area contributed by atoms with E-state index < -0.39 is 5.34 Å². The molecule has 82 valence electrons. The summed E-state index contributed by atoms with van der Waals surface area (Å²) in [5.41, 5.74) is 0. The second-order valence-electron chi connectivity index (χ2n) is 4.23. The number of amidine groups is 1. The van der Waals surface area contributed by atoms with Crippen LogP contribution in [0.3, 0.4) is 0 Å². The quantitative estimate of drug-likeness (QED) is 0.672. The molecule has 1 N–H and O–H groups in total. The standard InChI is InChI=1S/C11H10B2N2O2/c12-11(13)6-14-10(15-11)9-5-16-7-3-1-2-4-8(7)17-9/h1-4,9H,5-6H2,(H,14,15). The van der Waals surface area contributed by atoms with Gasteiger partial charge in [-0.3, -0.25) is 4.99 Å². The number of nitrogens with zero attached hydrogens (tertiary/aromatic N) is 1. The number of rotatable bonds is 1. The number of para-hydroxylation sites is 2. The molecule has 0 aromatic heterocycles. The lowest BCUT2D eigenvalue weighted by atomic mass is 9.62. The van der Waals surface area contributed by atoms with E-state index in [1.807, 2.05) is 24.3 Å². The summed E-state index contributed by atoms with van der Waals surface area (Å²) in [6.45, 7) is 0.739. The van der Waals surface area contributed by atoms with E-state index in [1.165, 1.54) is 0 Å². The van der Waals surface area contributed by atoms with Crippen molar-refractivity contribution in [1.29, 1.82) is 0 Å². The lowest BCUT2D eigenvalue weighted by Gasteiger charge is -2.28. The highest BCUT2D eigenvalue weighted by atomic mass is 16.6. The molecule has 1 aromatic carbocycles. The summed E-state index contributed by atoms with van der Waals surface area (Å²) in [6, 6.07) is 7.52. The first-order valence-electron chi connectivity index (χ1n) is 5.43. The fraction of sp³-hybridized carbons (Fsp3) is 0.364. The Kier molecular flexibility index (Phi) is 2.31. The van der Waals surface area contributed by atoms with Gasteiger partial charge >= 0.3 is 0 Å². The van der Waals surface area contributed by atoms with Crippen molar-refractivity contribution >= 4 is 21.5 Å². The maximum absolute atomic E-state index is 5.78. The molecule has 0 fully saturated rings. The van der Waals surface area contributed by atoms with Gasteiger partial charge < -0.3 is 14.8 Å². The van der Waals surface area contributed by atoms with Gasteiger partial charge in [0.2, 0.25) is 0 Å². The van der Waals surface area contributed by atoms with Crippen LogP contribution >= 0.6 is 0 Å². The van der Waals surface area contributed by atoms with Crippen molar-refractivity contribution in [2.24, 2.45) is 4.99 Å². The summed E-state index contributed by atoms with van der Waals surface area (Å²) in [5, 5.41) is 1.95. The molecule has 2 aliphatic heterocycles. The fourth-order valence-corrected chi connectivity index (χ4v) is 1.87. The Labute approximate surface area is 102 Å². The van der Waals surface area contributed by atoms with Crippen molar-refractivity contribution in [3.8, 4) is 11.5 Å². The van der Waals surface area contributed by atoms with Crippen molar-refractivity contribution in [1.82, 2.24) is 5.32 Å². The normalized spacial score (nSPS) is 24.9. The van der Waals surface area contributed by atoms with Crippen LogP contribution in [0.5, 0.6) is 11.5 Å². The summed E-state index contributed by atoms with van der Waals surface area (Å²) in [5.74, 6) is 2.10. The molecule has 0 saturated heterocycles. The molecule has 4 nitrogen and oxygen atoms in total. The van der Waals surface area contributed by atoms with Crippen LogP contribution in [0.2, 0.25) is 0 Å². The molecule has 1 atom stereocenters. The topological polar surface area (TPSA) is 42.9 Å². The first-order valence-corrected chi connectivity index (χ1v) is 5.43. The lowest BCUT2D eigenvalue weighted by molar-refractivity contribution is 0.133. The average molecular weight is 224 g/mol. The number of hydrogen-bond acceptors (Lipinski definition) is 4. The Hall–Kier alpha value is -1.58. The van der Waals surface area contributed by atoms with Crippen LogP contribution in [-0.2, 0) is 0 Å². The van der Waals surface area contributed by atoms with Crippen LogP contribution in [0.1, 0.15) is 0 Å². The maximum atomic E-state index is 5.78. The van der Waals surface area contributed by atoms with Crippen molar-refractivity contribution in [3.05, 3.63) is 24.3 Å². The number of nitrogens with one attached hydrogen (secondary N) is 1. The third kappa shape index (κ3) is 1.99. The molecular formula is C11H10B2N2O2. The Morgan fingerprint density at radius 2 is 2.06 bits per heavy atom. The fourth-order valence-electron chi connectivity index (χ4n) is 1.87. The molecule has 1 unspecified atom stereocenters. The summed E-state index contributed by atoms with van der Waals surface area (Å²) >= 11 is 0. The molecule has 2 aliphatic rings. The largest absolute Gasteiger partial charge is 0.485 e. The highest BCUT2D eigenvalue weighted by Crippen LogP contribution is 2.31. The zero-order valence-corrected chi connectivity index (χ0v) is 9.22. The van der Waals surface area contributed by atoms with E-state index in [4.69, 9.17) is 25.2 Å². The van der Waals surface area contributed by atoms with Crippen molar-refractivity contribution in [3.63, 3.8) is 0 Å². The van der Waals surface area contributed by atoms with Crippen molar-refractivity contribution < 1.29 is 9.47 Å². The SMILES string of the molecule is [B]C1([B])CN=C(C2COc3ccccc3O2)N1. The molecule has 0 bridgehead atoms. The van der Waals surface area contributed by atoms with Crippen molar-refractivity contribution in [2.75, 3.05) is 13.2 Å². The predicted molar refractivity (Wildman–Crippen MR) is 66.0 cm³/mol. The van der Waals surface area contributed by atoms with Crippen LogP contribution < -0.4 is 14.8 Å². The van der Waals surface area contributed by atoms with E-state index in [0.29, 0.717) is 24.7 Å². The van der Waals surface area contributed by atoms with Gasteiger partial charge in [-0.2, -0.15) is 0 Å². The van der Waals surface area contributed by atoms with Gasteiger partial charge in [0.15, 0.2) is 17.6 Å². The Balaban J connectivity index is 1.77. The zero-order chi connectivity index (χ0) is 11.9. The molecule has 0 aliphatic carbocycles. The van der Waals surface area contributed by atoms with Gasteiger partial charge in [0.1, 0.15) is 12.4 Å². The molecule has 1 aromatic rings. The number of ether oxygens (including phenoxy) is 2. The van der Waals surface area contributed by atoms with Gasteiger partial charge in [-0.25, -0.2) is 0 Å². The minimum absolute atomic E-state index is 0.279. The van der Waals surface area contributed by atoms with E-state index in [9.17, 15) is 0 Å². The van der Waals surface area contributed by atoms with E-state index >= 15 is 0 Å². The van der Waals surface area contributed by atoms with Gasteiger partial charge in [-0.15, -0.1) is 0 Å². The Bertz CT molecular complexity index is 476. The first kappa shape index (κ1) is 10.6. The minimum Gasteiger partial charge on any atom is -0.485 e. The number of hydrogen-bond donors (Lipinski definition) is 1. The predicted octanol–water partition coefficient (Wildman–Crippen LogP) is -0.181. The van der Waals surface area contributed by atoms with Gasteiger partial charge in [0.05, 0.1) is 15.7 Å². The highest BCUT2D eigenvalue weighted by Gasteiger charge is 2.32. The smallest absolute Gasteiger partial charge is 0.189 e. The van der Waals surface area contributed by atoms with Crippen LogP contribution in [0.25, 0.3) is 0 Å². The van der Waals surface area contributed by atoms with E-state index in [0.717, 1.165) is 5.75 Å². The van der Waals surface area contributed by atoms with Gasteiger partial charge in [-0.1, -0.05) is 12.1 Å². The molecule has 0 amide bonds. The summed E-state index contributed by atoms with van der Waals surface area (Å²) < 4.78 is 11.4. The van der Waals surface area contributed by atoms with Gasteiger partial charge in [-0.05, 0) is 17.5 Å². The average Bonchev–Trinajstić information content (AvgIpc) is 2.69. The number of aliphatic imine (C=N–C) groups is 1. The maximum Gasteiger partial charge on any atom is 0.189 e. The number of benzene rings is 1. The van der Waals surface area contributed by atoms with E-state index in [2.05, 4.69) is 10.3 Å². The second kappa shape index (κ2) is 3.72. The van der Waals surface area contributed by atoms with E-state index in [-0.39, 0.29) is 6.10 Å². The van der Waals surface area contributed by atoms with Crippen LogP contribution in [0.15, 0.2) is 29.3 Å². The minimum atomic E-state index is -0.977. The molecule has 2 heterocycles. The molecule has 0 spiro atoms. The van der Waals surface area contributed by atoms with Crippen LogP contribution in [0, 0.1) is 0 Å². The molecule has 3 rings (SSSR count). The van der Waals surface area contributed by atoms with Gasteiger partial charge in [0, 0.05) is 6.54 Å². The second-order valence-corrected chi connectivity index (χ2v) is 4.23.